The van der Waals surface area contributed by atoms with Crippen LogP contribution in [0.4, 0.5) is 0 Å². The molecule has 5 rings (SSSR count). The fourth-order valence-corrected chi connectivity index (χ4v) is 4.43. The summed E-state index contributed by atoms with van der Waals surface area (Å²) in [5.74, 6) is 2.58. The second-order valence-corrected chi connectivity index (χ2v) is 8.28. The van der Waals surface area contributed by atoms with Crippen molar-refractivity contribution in [2.45, 2.75) is 32.7 Å². The van der Waals surface area contributed by atoms with E-state index in [1.54, 1.807) is 0 Å². The molecule has 2 aromatic heterocycles. The van der Waals surface area contributed by atoms with Crippen molar-refractivity contribution in [3.05, 3.63) is 71.7 Å². The third-order valence-corrected chi connectivity index (χ3v) is 6.07. The van der Waals surface area contributed by atoms with Crippen LogP contribution in [0.25, 0.3) is 22.3 Å². The molecule has 0 unspecified atom stereocenters. The highest BCUT2D eigenvalue weighted by atomic mass is 15.3. The van der Waals surface area contributed by atoms with E-state index in [-0.39, 0.29) is 0 Å². The minimum atomic E-state index is 0.786. The number of nitrogens with zero attached hydrogens (tertiary/aromatic N) is 3. The van der Waals surface area contributed by atoms with Crippen molar-refractivity contribution in [3.8, 4) is 11.4 Å². The molecule has 0 bridgehead atoms. The Bertz CT molecular complexity index is 1090. The number of nitrogens with one attached hydrogen (secondary N) is 2. The van der Waals surface area contributed by atoms with Gasteiger partial charge in [0.2, 0.25) is 0 Å². The van der Waals surface area contributed by atoms with Crippen molar-refractivity contribution >= 4 is 10.9 Å². The number of H-pyrrole nitrogens is 2. The summed E-state index contributed by atoms with van der Waals surface area (Å²) in [5, 5.41) is 10.0. The van der Waals surface area contributed by atoms with Crippen LogP contribution in [0.5, 0.6) is 0 Å². The van der Waals surface area contributed by atoms with E-state index in [1.165, 1.54) is 35.8 Å². The molecule has 2 N–H and O–H groups in total. The number of hydrogen-bond acceptors (Lipinski definition) is 3. The fraction of sp³-hybridized carbons (Fsp3) is 0.333. The monoisotopic (exact) mass is 385 g/mol. The number of likely N-dealkylation sites (tertiary alicyclic amines) is 1. The van der Waals surface area contributed by atoms with E-state index in [0.717, 1.165) is 48.3 Å². The van der Waals surface area contributed by atoms with E-state index in [2.05, 4.69) is 80.5 Å². The molecule has 1 aliphatic heterocycles. The van der Waals surface area contributed by atoms with Gasteiger partial charge in [-0.25, -0.2) is 0 Å². The van der Waals surface area contributed by atoms with Crippen LogP contribution in [0.2, 0.25) is 0 Å². The average Bonchev–Trinajstić information content (AvgIpc) is 3.36. The molecule has 0 spiro atoms. The number of rotatable bonds is 5. The van der Waals surface area contributed by atoms with Crippen LogP contribution < -0.4 is 0 Å². The van der Waals surface area contributed by atoms with Crippen molar-refractivity contribution in [1.82, 2.24) is 25.1 Å². The van der Waals surface area contributed by atoms with Gasteiger partial charge in [0, 0.05) is 22.7 Å². The molecule has 148 valence electrons. The molecule has 5 heteroatoms. The third-order valence-electron chi connectivity index (χ3n) is 6.07. The van der Waals surface area contributed by atoms with E-state index in [4.69, 9.17) is 0 Å². The summed E-state index contributed by atoms with van der Waals surface area (Å²) in [6, 6.07) is 17.3. The minimum Gasteiger partial charge on any atom is -0.360 e. The lowest BCUT2D eigenvalue weighted by Gasteiger charge is -2.31. The van der Waals surface area contributed by atoms with Crippen LogP contribution in [0.15, 0.2) is 54.7 Å². The summed E-state index contributed by atoms with van der Waals surface area (Å²) in [7, 11) is 0. The summed E-state index contributed by atoms with van der Waals surface area (Å²) in [6.07, 6.45) is 5.71. The second kappa shape index (κ2) is 7.84. The maximum absolute atomic E-state index is 4.42. The number of aryl methyl sites for hydroxylation is 1. The Morgan fingerprint density at radius 1 is 1.03 bits per heavy atom. The van der Waals surface area contributed by atoms with Gasteiger partial charge in [0.1, 0.15) is 5.82 Å². The first-order valence-electron chi connectivity index (χ1n) is 10.5. The first kappa shape index (κ1) is 18.1. The molecular weight excluding hydrogens is 358 g/mol. The molecule has 1 saturated heterocycles. The zero-order chi connectivity index (χ0) is 19.6. The molecule has 0 saturated carbocycles. The molecule has 1 aliphatic rings. The summed E-state index contributed by atoms with van der Waals surface area (Å²) in [6.45, 7) is 5.20. The van der Waals surface area contributed by atoms with Crippen molar-refractivity contribution in [2.24, 2.45) is 5.92 Å². The van der Waals surface area contributed by atoms with E-state index < -0.39 is 0 Å². The second-order valence-electron chi connectivity index (χ2n) is 8.28. The molecule has 2 aromatic carbocycles. The highest BCUT2D eigenvalue weighted by molar-refractivity contribution is 5.94. The molecular formula is C24H27N5. The predicted molar refractivity (Wildman–Crippen MR) is 117 cm³/mol. The van der Waals surface area contributed by atoms with E-state index >= 15 is 0 Å². The smallest absolute Gasteiger partial charge is 0.163 e. The molecule has 4 aromatic rings. The summed E-state index contributed by atoms with van der Waals surface area (Å²) >= 11 is 0. The van der Waals surface area contributed by atoms with Crippen LogP contribution in [-0.2, 0) is 13.0 Å². The fourth-order valence-electron chi connectivity index (χ4n) is 4.43. The Kier molecular flexibility index (Phi) is 4.90. The first-order chi connectivity index (χ1) is 14.2. The van der Waals surface area contributed by atoms with Gasteiger partial charge < -0.3 is 9.97 Å². The lowest BCUT2D eigenvalue weighted by molar-refractivity contribution is 0.173. The predicted octanol–water partition coefficient (Wildman–Crippen LogP) is 4.72. The Morgan fingerprint density at radius 2 is 1.86 bits per heavy atom. The van der Waals surface area contributed by atoms with Crippen molar-refractivity contribution < 1.29 is 0 Å². The molecule has 1 fully saturated rings. The number of aromatic nitrogens is 4. The highest BCUT2D eigenvalue weighted by Gasteiger charge is 2.21. The maximum Gasteiger partial charge on any atom is 0.163 e. The van der Waals surface area contributed by atoms with E-state index in [9.17, 15) is 0 Å². The summed E-state index contributed by atoms with van der Waals surface area (Å²) in [4.78, 5) is 9.26. The van der Waals surface area contributed by atoms with Crippen molar-refractivity contribution in [2.75, 3.05) is 13.1 Å². The van der Waals surface area contributed by atoms with Gasteiger partial charge in [0.25, 0.3) is 0 Å². The third kappa shape index (κ3) is 3.96. The highest BCUT2D eigenvalue weighted by Crippen LogP contribution is 2.27. The maximum atomic E-state index is 4.42. The van der Waals surface area contributed by atoms with Gasteiger partial charge in [-0.05, 0) is 62.9 Å². The van der Waals surface area contributed by atoms with Gasteiger partial charge in [-0.2, -0.15) is 0 Å². The van der Waals surface area contributed by atoms with Gasteiger partial charge in [0.15, 0.2) is 5.82 Å². The SMILES string of the molecule is Cc1ccc2[nH]cc(-c3nnc(CN4CCC(Cc5ccccc5)CC4)[nH]3)c2c1. The number of benzene rings is 2. The number of piperidine rings is 1. The Hall–Kier alpha value is -2.92. The van der Waals surface area contributed by atoms with Gasteiger partial charge >= 0.3 is 0 Å². The Morgan fingerprint density at radius 3 is 2.69 bits per heavy atom. The van der Waals surface area contributed by atoms with Crippen LogP contribution >= 0.6 is 0 Å². The van der Waals surface area contributed by atoms with Gasteiger partial charge in [0.05, 0.1) is 6.54 Å². The minimum absolute atomic E-state index is 0.786. The van der Waals surface area contributed by atoms with Crippen LogP contribution in [0.1, 0.15) is 29.8 Å². The summed E-state index contributed by atoms with van der Waals surface area (Å²) < 4.78 is 0. The van der Waals surface area contributed by atoms with Crippen molar-refractivity contribution in [1.29, 1.82) is 0 Å². The zero-order valence-corrected chi connectivity index (χ0v) is 16.9. The summed E-state index contributed by atoms with van der Waals surface area (Å²) in [5.41, 5.74) is 4.92. The molecule has 3 heterocycles. The quantitative estimate of drug-likeness (QED) is 0.523. The number of hydrogen-bond donors (Lipinski definition) is 2. The topological polar surface area (TPSA) is 60.6 Å². The number of fused-ring (bicyclic) bond motifs is 1. The molecule has 0 aliphatic carbocycles. The number of aromatic amines is 2. The van der Waals surface area contributed by atoms with Crippen molar-refractivity contribution in [3.63, 3.8) is 0 Å². The lowest BCUT2D eigenvalue weighted by atomic mass is 9.90. The normalized spacial score (nSPS) is 15.9. The average molecular weight is 386 g/mol. The molecule has 29 heavy (non-hydrogen) atoms. The Labute approximate surface area is 171 Å². The molecule has 0 radical (unpaired) electrons. The van der Waals surface area contributed by atoms with E-state index in [1.807, 2.05) is 6.20 Å². The van der Waals surface area contributed by atoms with Gasteiger partial charge in [-0.3, -0.25) is 4.90 Å². The molecule has 0 atom stereocenters. The standard InChI is InChI=1S/C24H27N5/c1-17-7-8-22-20(13-17)21(15-25-22)24-26-23(27-28-24)16-29-11-9-19(10-12-29)14-18-5-3-2-4-6-18/h2-8,13,15,19,25H,9-12,14,16H2,1H3,(H,26,27,28). The Balaban J connectivity index is 1.21. The van der Waals surface area contributed by atoms with Crippen LogP contribution in [0, 0.1) is 12.8 Å². The van der Waals surface area contributed by atoms with Gasteiger partial charge in [-0.1, -0.05) is 42.0 Å². The zero-order valence-electron chi connectivity index (χ0n) is 16.9. The molecule has 0 amide bonds. The van der Waals surface area contributed by atoms with Crippen LogP contribution in [-0.4, -0.2) is 38.2 Å². The molecule has 5 nitrogen and oxygen atoms in total. The van der Waals surface area contributed by atoms with Gasteiger partial charge in [-0.15, -0.1) is 10.2 Å². The van der Waals surface area contributed by atoms with Crippen LogP contribution in [0.3, 0.4) is 0 Å². The largest absolute Gasteiger partial charge is 0.360 e. The first-order valence-corrected chi connectivity index (χ1v) is 10.5. The lowest BCUT2D eigenvalue weighted by Crippen LogP contribution is -2.34. The van der Waals surface area contributed by atoms with E-state index in [0.29, 0.717) is 0 Å².